The molecule has 1 unspecified atom stereocenters. The van der Waals surface area contributed by atoms with E-state index in [9.17, 15) is 0 Å². The Morgan fingerprint density at radius 2 is 2.00 bits per heavy atom. The zero-order valence-corrected chi connectivity index (χ0v) is 7.65. The monoisotopic (exact) mass is 141 g/mol. The summed E-state index contributed by atoms with van der Waals surface area (Å²) < 4.78 is 0. The fourth-order valence-corrected chi connectivity index (χ4v) is 1.60. The molecule has 0 radical (unpaired) electrons. The van der Waals surface area contributed by atoms with Crippen molar-refractivity contribution in [2.75, 3.05) is 13.6 Å². The molecule has 0 aromatic heterocycles. The molecule has 60 valence electrons. The van der Waals surface area contributed by atoms with E-state index < -0.39 is 0 Å². The van der Waals surface area contributed by atoms with Gasteiger partial charge in [0.2, 0.25) is 0 Å². The average molecular weight is 141 g/mol. The Hall–Kier alpha value is -0.0400. The van der Waals surface area contributed by atoms with Gasteiger partial charge in [0, 0.05) is 12.1 Å². The molecular formula is C9H19N. The van der Waals surface area contributed by atoms with E-state index in [4.69, 9.17) is 0 Å². The molecule has 1 rings (SSSR count). The Bertz CT molecular complexity index is 118. The molecule has 0 spiro atoms. The summed E-state index contributed by atoms with van der Waals surface area (Å²) in [6.07, 6.45) is 2.75. The highest BCUT2D eigenvalue weighted by atomic mass is 15.2. The van der Waals surface area contributed by atoms with E-state index in [1.807, 2.05) is 0 Å². The van der Waals surface area contributed by atoms with Crippen molar-refractivity contribution in [2.45, 2.75) is 39.2 Å². The number of rotatable bonds is 0. The molecule has 1 atom stereocenters. The average Bonchev–Trinajstić information content (AvgIpc) is 1.81. The van der Waals surface area contributed by atoms with Crippen LogP contribution >= 0.6 is 0 Å². The van der Waals surface area contributed by atoms with Gasteiger partial charge in [-0.2, -0.15) is 0 Å². The van der Waals surface area contributed by atoms with Crippen LogP contribution < -0.4 is 0 Å². The smallest absolute Gasteiger partial charge is 0.0150 e. The molecule has 1 heteroatoms. The first kappa shape index (κ1) is 8.06. The van der Waals surface area contributed by atoms with Crippen molar-refractivity contribution in [1.29, 1.82) is 0 Å². The summed E-state index contributed by atoms with van der Waals surface area (Å²) in [4.78, 5) is 2.47. The van der Waals surface area contributed by atoms with Gasteiger partial charge < -0.3 is 4.90 Å². The van der Waals surface area contributed by atoms with Crippen molar-refractivity contribution >= 4 is 0 Å². The maximum atomic E-state index is 2.47. The summed E-state index contributed by atoms with van der Waals surface area (Å²) in [5.41, 5.74) is 0.451. The van der Waals surface area contributed by atoms with Crippen molar-refractivity contribution in [3.8, 4) is 0 Å². The SMILES string of the molecule is CC1CCC(C)(C)N(C)C1. The van der Waals surface area contributed by atoms with Crippen LogP contribution in [-0.4, -0.2) is 24.0 Å². The molecule has 0 aromatic carbocycles. The van der Waals surface area contributed by atoms with Gasteiger partial charge in [-0.25, -0.2) is 0 Å². The second-order valence-corrected chi connectivity index (χ2v) is 4.34. The Morgan fingerprint density at radius 3 is 2.40 bits per heavy atom. The Labute approximate surface area is 64.4 Å². The number of piperidine rings is 1. The highest BCUT2D eigenvalue weighted by Gasteiger charge is 2.29. The van der Waals surface area contributed by atoms with Crippen LogP contribution in [0.3, 0.4) is 0 Å². The van der Waals surface area contributed by atoms with E-state index in [2.05, 4.69) is 32.7 Å². The Kier molecular flexibility index (Phi) is 2.04. The topological polar surface area (TPSA) is 3.24 Å². The maximum absolute atomic E-state index is 2.47. The maximum Gasteiger partial charge on any atom is 0.0150 e. The number of hydrogen-bond donors (Lipinski definition) is 0. The zero-order valence-electron chi connectivity index (χ0n) is 7.65. The van der Waals surface area contributed by atoms with Crippen LogP contribution in [0.4, 0.5) is 0 Å². The first-order chi connectivity index (χ1) is 4.52. The van der Waals surface area contributed by atoms with Gasteiger partial charge in [-0.15, -0.1) is 0 Å². The predicted octanol–water partition coefficient (Wildman–Crippen LogP) is 2.13. The minimum Gasteiger partial charge on any atom is -0.301 e. The van der Waals surface area contributed by atoms with Gasteiger partial charge in [0.05, 0.1) is 0 Å². The molecule has 1 fully saturated rings. The van der Waals surface area contributed by atoms with Crippen molar-refractivity contribution < 1.29 is 0 Å². The van der Waals surface area contributed by atoms with Gasteiger partial charge in [0.25, 0.3) is 0 Å². The summed E-state index contributed by atoms with van der Waals surface area (Å²) in [5, 5.41) is 0. The lowest BCUT2D eigenvalue weighted by atomic mass is 9.86. The molecule has 1 saturated heterocycles. The van der Waals surface area contributed by atoms with Crippen LogP contribution in [0.5, 0.6) is 0 Å². The summed E-state index contributed by atoms with van der Waals surface area (Å²) in [7, 11) is 2.23. The number of likely N-dealkylation sites (tertiary alicyclic amines) is 1. The molecule has 0 bridgehead atoms. The molecule has 1 aliphatic heterocycles. The van der Waals surface area contributed by atoms with E-state index >= 15 is 0 Å². The van der Waals surface area contributed by atoms with Gasteiger partial charge in [-0.3, -0.25) is 0 Å². The van der Waals surface area contributed by atoms with Gasteiger partial charge in [0.15, 0.2) is 0 Å². The highest BCUT2D eigenvalue weighted by Crippen LogP contribution is 2.28. The van der Waals surface area contributed by atoms with Gasteiger partial charge in [0.1, 0.15) is 0 Å². The fourth-order valence-electron chi connectivity index (χ4n) is 1.60. The van der Waals surface area contributed by atoms with E-state index in [1.165, 1.54) is 19.4 Å². The van der Waals surface area contributed by atoms with Crippen LogP contribution in [0.25, 0.3) is 0 Å². The van der Waals surface area contributed by atoms with Crippen LogP contribution in [0.1, 0.15) is 33.6 Å². The molecular weight excluding hydrogens is 122 g/mol. The lowest BCUT2D eigenvalue weighted by Crippen LogP contribution is -2.47. The van der Waals surface area contributed by atoms with Crippen LogP contribution in [0, 0.1) is 5.92 Å². The standard InChI is InChI=1S/C9H19N/c1-8-5-6-9(2,3)10(4)7-8/h8H,5-7H2,1-4H3. The molecule has 0 N–H and O–H groups in total. The highest BCUT2D eigenvalue weighted by molar-refractivity contribution is 4.85. The molecule has 10 heavy (non-hydrogen) atoms. The molecule has 1 nitrogen and oxygen atoms in total. The summed E-state index contributed by atoms with van der Waals surface area (Å²) in [6, 6.07) is 0. The third kappa shape index (κ3) is 1.51. The summed E-state index contributed by atoms with van der Waals surface area (Å²) >= 11 is 0. The van der Waals surface area contributed by atoms with Crippen LogP contribution in [0.15, 0.2) is 0 Å². The third-order valence-electron chi connectivity index (χ3n) is 2.87. The van der Waals surface area contributed by atoms with Gasteiger partial charge in [-0.1, -0.05) is 6.92 Å². The van der Waals surface area contributed by atoms with Crippen molar-refractivity contribution in [3.05, 3.63) is 0 Å². The van der Waals surface area contributed by atoms with Gasteiger partial charge in [-0.05, 0) is 39.7 Å². The minimum atomic E-state index is 0.451. The molecule has 0 aromatic rings. The second kappa shape index (κ2) is 2.54. The Morgan fingerprint density at radius 1 is 1.40 bits per heavy atom. The lowest BCUT2D eigenvalue weighted by Gasteiger charge is -2.42. The summed E-state index contributed by atoms with van der Waals surface area (Å²) in [5.74, 6) is 0.901. The third-order valence-corrected chi connectivity index (χ3v) is 2.87. The summed E-state index contributed by atoms with van der Waals surface area (Å²) in [6.45, 7) is 8.27. The first-order valence-corrected chi connectivity index (χ1v) is 4.23. The molecule has 0 saturated carbocycles. The van der Waals surface area contributed by atoms with Crippen molar-refractivity contribution in [3.63, 3.8) is 0 Å². The number of hydrogen-bond acceptors (Lipinski definition) is 1. The van der Waals surface area contributed by atoms with E-state index in [1.54, 1.807) is 0 Å². The van der Waals surface area contributed by atoms with Crippen molar-refractivity contribution in [2.24, 2.45) is 5.92 Å². The normalized spacial score (nSPS) is 34.2. The largest absolute Gasteiger partial charge is 0.301 e. The molecule has 0 amide bonds. The molecule has 1 aliphatic rings. The molecule has 0 aliphatic carbocycles. The fraction of sp³-hybridized carbons (Fsp3) is 1.00. The van der Waals surface area contributed by atoms with Crippen LogP contribution in [0.2, 0.25) is 0 Å². The van der Waals surface area contributed by atoms with E-state index in [0.717, 1.165) is 5.92 Å². The number of nitrogens with zero attached hydrogens (tertiary/aromatic N) is 1. The lowest BCUT2D eigenvalue weighted by molar-refractivity contribution is 0.0776. The first-order valence-electron chi connectivity index (χ1n) is 4.23. The quantitative estimate of drug-likeness (QED) is 0.499. The second-order valence-electron chi connectivity index (χ2n) is 4.34. The van der Waals surface area contributed by atoms with E-state index in [-0.39, 0.29) is 0 Å². The van der Waals surface area contributed by atoms with Crippen molar-refractivity contribution in [1.82, 2.24) is 4.90 Å². The van der Waals surface area contributed by atoms with E-state index in [0.29, 0.717) is 5.54 Å². The van der Waals surface area contributed by atoms with Crippen LogP contribution in [-0.2, 0) is 0 Å². The zero-order chi connectivity index (χ0) is 7.78. The molecule has 1 heterocycles. The minimum absolute atomic E-state index is 0.451. The van der Waals surface area contributed by atoms with Gasteiger partial charge >= 0.3 is 0 Å². The predicted molar refractivity (Wildman–Crippen MR) is 45.1 cm³/mol. The Balaban J connectivity index is 2.52.